The van der Waals surface area contributed by atoms with Crippen molar-refractivity contribution in [2.45, 2.75) is 19.1 Å². The summed E-state index contributed by atoms with van der Waals surface area (Å²) < 4.78 is 0. The van der Waals surface area contributed by atoms with E-state index in [1.54, 1.807) is 11.3 Å². The minimum atomic E-state index is -0.184. The van der Waals surface area contributed by atoms with Gasteiger partial charge in [-0.3, -0.25) is 4.79 Å². The summed E-state index contributed by atoms with van der Waals surface area (Å²) in [7, 11) is 0. The topological polar surface area (TPSA) is 36.4 Å². The van der Waals surface area contributed by atoms with Crippen LogP contribution in [0.2, 0.25) is 0 Å². The van der Waals surface area contributed by atoms with Gasteiger partial charge in [-0.1, -0.05) is 13.8 Å². The number of carbonyl (C=O) groups excluding carboxylic acids is 1. The number of rotatable bonds is 3. The van der Waals surface area contributed by atoms with E-state index in [0.717, 1.165) is 31.3 Å². The van der Waals surface area contributed by atoms with Crippen LogP contribution in [0, 0.1) is 5.92 Å². The van der Waals surface area contributed by atoms with Crippen LogP contribution in [0.25, 0.3) is 0 Å². The van der Waals surface area contributed by atoms with E-state index in [-0.39, 0.29) is 17.1 Å². The number of thiol groups is 1. The zero-order chi connectivity index (χ0) is 13.1. The SMILES string of the molecule is CC(C)C(S)C(=O)N1CCN(c2nccs2)CC1. The summed E-state index contributed by atoms with van der Waals surface area (Å²) in [6, 6.07) is 0. The van der Waals surface area contributed by atoms with Crippen molar-refractivity contribution in [2.75, 3.05) is 31.1 Å². The van der Waals surface area contributed by atoms with Crippen molar-refractivity contribution in [2.24, 2.45) is 5.92 Å². The summed E-state index contributed by atoms with van der Waals surface area (Å²) in [6.45, 7) is 7.31. The highest BCUT2D eigenvalue weighted by Crippen LogP contribution is 2.20. The fourth-order valence-corrected chi connectivity index (χ4v) is 2.82. The molecule has 0 N–H and O–H groups in total. The van der Waals surface area contributed by atoms with E-state index in [4.69, 9.17) is 0 Å². The lowest BCUT2D eigenvalue weighted by atomic mass is 10.1. The Kier molecular flexibility index (Phi) is 4.50. The first-order valence-electron chi connectivity index (χ1n) is 6.21. The lowest BCUT2D eigenvalue weighted by molar-refractivity contribution is -0.131. The molecular formula is C12H19N3OS2. The molecule has 100 valence electrons. The number of piperazine rings is 1. The maximum atomic E-state index is 12.2. The number of nitrogens with zero attached hydrogens (tertiary/aromatic N) is 3. The highest BCUT2D eigenvalue weighted by Gasteiger charge is 2.27. The summed E-state index contributed by atoms with van der Waals surface area (Å²) in [5.74, 6) is 0.435. The first-order valence-corrected chi connectivity index (χ1v) is 7.60. The second kappa shape index (κ2) is 5.93. The average Bonchev–Trinajstić information content (AvgIpc) is 2.91. The van der Waals surface area contributed by atoms with E-state index in [1.807, 2.05) is 30.3 Å². The second-order valence-electron chi connectivity index (χ2n) is 4.82. The molecule has 6 heteroatoms. The molecule has 4 nitrogen and oxygen atoms in total. The molecule has 0 aromatic carbocycles. The predicted octanol–water partition coefficient (Wildman–Crippen LogP) is 1.75. The quantitative estimate of drug-likeness (QED) is 0.860. The maximum absolute atomic E-state index is 12.2. The number of carbonyl (C=O) groups is 1. The Morgan fingerprint density at radius 2 is 2.06 bits per heavy atom. The van der Waals surface area contributed by atoms with Crippen molar-refractivity contribution >= 4 is 35.0 Å². The standard InChI is InChI=1S/C12H19N3OS2/c1-9(2)10(17)11(16)14-4-6-15(7-5-14)12-13-3-8-18-12/h3,8-10,17H,4-7H2,1-2H3. The Labute approximate surface area is 117 Å². The highest BCUT2D eigenvalue weighted by atomic mass is 32.1. The molecule has 0 aliphatic carbocycles. The van der Waals surface area contributed by atoms with Gasteiger partial charge in [0.2, 0.25) is 5.91 Å². The third kappa shape index (κ3) is 2.98. The number of thiazole rings is 1. The van der Waals surface area contributed by atoms with Crippen molar-refractivity contribution in [3.63, 3.8) is 0 Å². The molecule has 1 amide bonds. The summed E-state index contributed by atoms with van der Waals surface area (Å²) >= 11 is 6.04. The van der Waals surface area contributed by atoms with Gasteiger partial charge in [0.25, 0.3) is 0 Å². The third-order valence-corrected chi connectivity index (χ3v) is 4.82. The smallest absolute Gasteiger partial charge is 0.235 e. The van der Waals surface area contributed by atoms with Crippen LogP contribution < -0.4 is 4.90 Å². The largest absolute Gasteiger partial charge is 0.345 e. The summed E-state index contributed by atoms with van der Waals surface area (Å²) in [6.07, 6.45) is 1.82. The lowest BCUT2D eigenvalue weighted by Crippen LogP contribution is -2.51. The van der Waals surface area contributed by atoms with Crippen LogP contribution in [0.15, 0.2) is 11.6 Å². The zero-order valence-electron chi connectivity index (χ0n) is 10.7. The van der Waals surface area contributed by atoms with Gasteiger partial charge in [-0.05, 0) is 5.92 Å². The third-order valence-electron chi connectivity index (χ3n) is 3.17. The van der Waals surface area contributed by atoms with Gasteiger partial charge in [-0.2, -0.15) is 12.6 Å². The molecule has 0 bridgehead atoms. The van der Waals surface area contributed by atoms with Crippen LogP contribution in [-0.2, 0) is 4.79 Å². The molecule has 1 aromatic rings. The van der Waals surface area contributed by atoms with Crippen molar-refractivity contribution in [1.82, 2.24) is 9.88 Å². The van der Waals surface area contributed by atoms with E-state index in [1.165, 1.54) is 0 Å². The van der Waals surface area contributed by atoms with E-state index in [9.17, 15) is 4.79 Å². The Morgan fingerprint density at radius 1 is 1.39 bits per heavy atom. The fraction of sp³-hybridized carbons (Fsp3) is 0.667. The van der Waals surface area contributed by atoms with E-state index in [2.05, 4.69) is 22.5 Å². The summed E-state index contributed by atoms with van der Waals surface area (Å²) in [4.78, 5) is 20.6. The van der Waals surface area contributed by atoms with Crippen molar-refractivity contribution in [1.29, 1.82) is 0 Å². The Morgan fingerprint density at radius 3 is 2.56 bits per heavy atom. The summed E-state index contributed by atoms with van der Waals surface area (Å²) in [5, 5.41) is 2.85. The van der Waals surface area contributed by atoms with Gasteiger partial charge in [-0.15, -0.1) is 11.3 Å². The van der Waals surface area contributed by atoms with Gasteiger partial charge < -0.3 is 9.80 Å². The van der Waals surface area contributed by atoms with Crippen molar-refractivity contribution < 1.29 is 4.79 Å². The van der Waals surface area contributed by atoms with Crippen LogP contribution in [-0.4, -0.2) is 47.2 Å². The Bertz CT molecular complexity index is 386. The van der Waals surface area contributed by atoms with Crippen molar-refractivity contribution in [3.8, 4) is 0 Å². The number of hydrogen-bond donors (Lipinski definition) is 1. The van der Waals surface area contributed by atoms with E-state index < -0.39 is 0 Å². The van der Waals surface area contributed by atoms with Crippen molar-refractivity contribution in [3.05, 3.63) is 11.6 Å². The van der Waals surface area contributed by atoms with Crippen LogP contribution in [0.1, 0.15) is 13.8 Å². The number of aromatic nitrogens is 1. The first kappa shape index (κ1) is 13.7. The highest BCUT2D eigenvalue weighted by molar-refractivity contribution is 7.81. The molecular weight excluding hydrogens is 266 g/mol. The van der Waals surface area contributed by atoms with Crippen LogP contribution in [0.4, 0.5) is 5.13 Å². The molecule has 1 aliphatic rings. The van der Waals surface area contributed by atoms with Crippen LogP contribution in [0.5, 0.6) is 0 Å². The fourth-order valence-electron chi connectivity index (χ4n) is 1.96. The molecule has 1 aromatic heterocycles. The first-order chi connectivity index (χ1) is 8.59. The number of hydrogen-bond acceptors (Lipinski definition) is 5. The van der Waals surface area contributed by atoms with E-state index in [0.29, 0.717) is 0 Å². The second-order valence-corrected chi connectivity index (χ2v) is 6.25. The van der Waals surface area contributed by atoms with Gasteiger partial charge in [0.15, 0.2) is 5.13 Å². The van der Waals surface area contributed by atoms with E-state index >= 15 is 0 Å². The Hall–Kier alpha value is -0.750. The van der Waals surface area contributed by atoms with Gasteiger partial charge in [0, 0.05) is 37.8 Å². The minimum absolute atomic E-state index is 0.159. The van der Waals surface area contributed by atoms with Gasteiger partial charge in [0.05, 0.1) is 5.25 Å². The molecule has 0 radical (unpaired) electrons. The average molecular weight is 285 g/mol. The molecule has 1 atom stereocenters. The number of anilines is 1. The lowest BCUT2D eigenvalue weighted by Gasteiger charge is -2.36. The molecule has 2 heterocycles. The zero-order valence-corrected chi connectivity index (χ0v) is 12.5. The maximum Gasteiger partial charge on any atom is 0.235 e. The molecule has 0 spiro atoms. The normalized spacial score (nSPS) is 18.2. The minimum Gasteiger partial charge on any atom is -0.345 e. The van der Waals surface area contributed by atoms with Gasteiger partial charge in [0.1, 0.15) is 0 Å². The number of amides is 1. The molecule has 0 saturated carbocycles. The molecule has 2 rings (SSSR count). The molecule has 1 unspecified atom stereocenters. The monoisotopic (exact) mass is 285 g/mol. The molecule has 1 saturated heterocycles. The predicted molar refractivity (Wildman–Crippen MR) is 78.5 cm³/mol. The molecule has 1 fully saturated rings. The van der Waals surface area contributed by atoms with Gasteiger partial charge in [-0.25, -0.2) is 4.98 Å². The Balaban J connectivity index is 1.89. The molecule has 18 heavy (non-hydrogen) atoms. The van der Waals surface area contributed by atoms with Crippen LogP contribution in [0.3, 0.4) is 0 Å². The van der Waals surface area contributed by atoms with Crippen LogP contribution >= 0.6 is 24.0 Å². The van der Waals surface area contributed by atoms with Gasteiger partial charge >= 0.3 is 0 Å². The molecule has 1 aliphatic heterocycles. The summed E-state index contributed by atoms with van der Waals surface area (Å²) in [5.41, 5.74) is 0.